The number of rotatable bonds is 6. The topological polar surface area (TPSA) is 64.3 Å². The maximum Gasteiger partial charge on any atom is 0.228 e. The summed E-state index contributed by atoms with van der Waals surface area (Å²) in [5, 5.41) is 2.91. The molecule has 1 amide bonds. The van der Waals surface area contributed by atoms with Crippen LogP contribution in [0.4, 0.5) is 5.69 Å². The Balaban J connectivity index is 2.76. The molecule has 0 aliphatic carbocycles. The predicted octanol–water partition coefficient (Wildman–Crippen LogP) is 2.32. The molecular weight excluding hydrogens is 228 g/mol. The molecule has 1 atom stereocenters. The lowest BCUT2D eigenvalue weighted by molar-refractivity contribution is -0.119. The summed E-state index contributed by atoms with van der Waals surface area (Å²) in [6.45, 7) is 6.86. The summed E-state index contributed by atoms with van der Waals surface area (Å²) in [7, 11) is 0. The van der Waals surface area contributed by atoms with E-state index in [4.69, 9.17) is 10.5 Å². The summed E-state index contributed by atoms with van der Waals surface area (Å²) in [4.78, 5) is 11.9. The number of anilines is 1. The molecule has 0 aliphatic heterocycles. The van der Waals surface area contributed by atoms with Gasteiger partial charge in [-0.1, -0.05) is 6.92 Å². The summed E-state index contributed by atoms with van der Waals surface area (Å²) >= 11 is 0. The second-order valence-corrected chi connectivity index (χ2v) is 4.24. The third kappa shape index (κ3) is 3.74. The Morgan fingerprint density at radius 1 is 1.44 bits per heavy atom. The van der Waals surface area contributed by atoms with Crippen molar-refractivity contribution < 1.29 is 9.53 Å². The molecule has 0 saturated heterocycles. The lowest BCUT2D eigenvalue weighted by atomic mass is 10.1. The summed E-state index contributed by atoms with van der Waals surface area (Å²) in [5.41, 5.74) is 7.36. The Morgan fingerprint density at radius 2 is 2.17 bits per heavy atom. The van der Waals surface area contributed by atoms with Crippen LogP contribution in [0.25, 0.3) is 0 Å². The molecule has 4 nitrogen and oxygen atoms in total. The molecule has 0 spiro atoms. The second kappa shape index (κ2) is 7.01. The van der Waals surface area contributed by atoms with Crippen LogP contribution in [0.15, 0.2) is 18.2 Å². The van der Waals surface area contributed by atoms with Gasteiger partial charge in [0, 0.05) is 12.2 Å². The molecule has 1 aromatic carbocycles. The molecule has 1 rings (SSSR count). The number of amides is 1. The molecule has 18 heavy (non-hydrogen) atoms. The average Bonchev–Trinajstić information content (AvgIpc) is 2.34. The Hall–Kier alpha value is -1.55. The van der Waals surface area contributed by atoms with E-state index in [9.17, 15) is 4.79 Å². The van der Waals surface area contributed by atoms with Gasteiger partial charge in [0.05, 0.1) is 12.5 Å². The third-order valence-electron chi connectivity index (χ3n) is 2.91. The van der Waals surface area contributed by atoms with Crippen LogP contribution in [0.5, 0.6) is 5.75 Å². The van der Waals surface area contributed by atoms with E-state index < -0.39 is 0 Å². The zero-order chi connectivity index (χ0) is 13.5. The van der Waals surface area contributed by atoms with Crippen LogP contribution in [0.3, 0.4) is 0 Å². The van der Waals surface area contributed by atoms with Crippen molar-refractivity contribution >= 4 is 11.6 Å². The highest BCUT2D eigenvalue weighted by molar-refractivity contribution is 5.93. The fourth-order valence-corrected chi connectivity index (χ4v) is 1.73. The largest absolute Gasteiger partial charge is 0.494 e. The van der Waals surface area contributed by atoms with Crippen molar-refractivity contribution in [2.45, 2.75) is 27.2 Å². The zero-order valence-corrected chi connectivity index (χ0v) is 11.3. The number of carbonyl (C=O) groups is 1. The van der Waals surface area contributed by atoms with Crippen LogP contribution in [-0.2, 0) is 4.79 Å². The molecule has 4 heteroatoms. The van der Waals surface area contributed by atoms with Gasteiger partial charge < -0.3 is 15.8 Å². The van der Waals surface area contributed by atoms with Gasteiger partial charge in [0.25, 0.3) is 0 Å². The fourth-order valence-electron chi connectivity index (χ4n) is 1.73. The van der Waals surface area contributed by atoms with Gasteiger partial charge in [-0.25, -0.2) is 0 Å². The molecule has 0 aromatic heterocycles. The highest BCUT2D eigenvalue weighted by Crippen LogP contribution is 2.22. The van der Waals surface area contributed by atoms with Gasteiger partial charge in [0.15, 0.2) is 0 Å². The van der Waals surface area contributed by atoms with Crippen molar-refractivity contribution in [3.8, 4) is 5.75 Å². The molecule has 1 aromatic rings. The Labute approximate surface area is 109 Å². The number of nitrogens with one attached hydrogen (secondary N) is 1. The van der Waals surface area contributed by atoms with E-state index in [-0.39, 0.29) is 11.8 Å². The monoisotopic (exact) mass is 250 g/mol. The zero-order valence-electron chi connectivity index (χ0n) is 11.3. The lowest BCUT2D eigenvalue weighted by Gasteiger charge is -2.15. The number of hydrogen-bond acceptors (Lipinski definition) is 3. The van der Waals surface area contributed by atoms with E-state index >= 15 is 0 Å². The van der Waals surface area contributed by atoms with Crippen LogP contribution in [-0.4, -0.2) is 19.1 Å². The van der Waals surface area contributed by atoms with Gasteiger partial charge in [-0.05, 0) is 44.0 Å². The van der Waals surface area contributed by atoms with Crippen molar-refractivity contribution in [3.63, 3.8) is 0 Å². The van der Waals surface area contributed by atoms with E-state index in [0.717, 1.165) is 23.4 Å². The lowest BCUT2D eigenvalue weighted by Crippen LogP contribution is -2.28. The predicted molar refractivity (Wildman–Crippen MR) is 73.8 cm³/mol. The van der Waals surface area contributed by atoms with Gasteiger partial charge in [-0.3, -0.25) is 4.79 Å². The second-order valence-electron chi connectivity index (χ2n) is 4.24. The van der Waals surface area contributed by atoms with Crippen LogP contribution < -0.4 is 15.8 Å². The van der Waals surface area contributed by atoms with Crippen molar-refractivity contribution in [2.24, 2.45) is 11.7 Å². The molecule has 1 unspecified atom stereocenters. The molecule has 0 saturated carbocycles. The first kappa shape index (κ1) is 14.5. The minimum atomic E-state index is -0.129. The van der Waals surface area contributed by atoms with Gasteiger partial charge in [0.1, 0.15) is 5.75 Å². The number of carbonyl (C=O) groups excluding carboxylic acids is 1. The number of ether oxygens (including phenoxy) is 1. The Morgan fingerprint density at radius 3 is 2.67 bits per heavy atom. The molecule has 100 valence electrons. The van der Waals surface area contributed by atoms with Crippen molar-refractivity contribution in [2.75, 3.05) is 18.5 Å². The quantitative estimate of drug-likeness (QED) is 0.814. The molecular formula is C14H22N2O2. The Kier molecular flexibility index (Phi) is 5.65. The summed E-state index contributed by atoms with van der Waals surface area (Å²) < 4.78 is 5.40. The summed E-state index contributed by atoms with van der Waals surface area (Å²) in [6.07, 6.45) is 0.748. The van der Waals surface area contributed by atoms with Crippen molar-refractivity contribution in [1.82, 2.24) is 0 Å². The van der Waals surface area contributed by atoms with Gasteiger partial charge in [-0.2, -0.15) is 0 Å². The van der Waals surface area contributed by atoms with Crippen LogP contribution >= 0.6 is 0 Å². The van der Waals surface area contributed by atoms with Gasteiger partial charge in [-0.15, -0.1) is 0 Å². The average molecular weight is 250 g/mol. The normalized spacial score (nSPS) is 12.0. The minimum Gasteiger partial charge on any atom is -0.494 e. The first-order chi connectivity index (χ1) is 8.62. The molecule has 0 radical (unpaired) electrons. The van der Waals surface area contributed by atoms with E-state index in [0.29, 0.717) is 13.2 Å². The van der Waals surface area contributed by atoms with E-state index in [1.165, 1.54) is 0 Å². The smallest absolute Gasteiger partial charge is 0.228 e. The number of aryl methyl sites for hydroxylation is 1. The van der Waals surface area contributed by atoms with Crippen LogP contribution in [0.1, 0.15) is 25.8 Å². The number of hydrogen-bond donors (Lipinski definition) is 2. The van der Waals surface area contributed by atoms with Crippen molar-refractivity contribution in [1.29, 1.82) is 0 Å². The molecule has 0 bridgehead atoms. The standard InChI is InChI=1S/C14H22N2O2/c1-4-11(9-15)14(17)16-13-7-6-12(18-5-2)8-10(13)3/h6-8,11H,4-5,9,15H2,1-3H3,(H,16,17). The van der Waals surface area contributed by atoms with Gasteiger partial charge >= 0.3 is 0 Å². The minimum absolute atomic E-state index is 0.0211. The maximum absolute atomic E-state index is 11.9. The summed E-state index contributed by atoms with van der Waals surface area (Å²) in [5.74, 6) is 0.669. The highest BCUT2D eigenvalue weighted by Gasteiger charge is 2.15. The first-order valence-electron chi connectivity index (χ1n) is 6.36. The number of benzene rings is 1. The van der Waals surface area contributed by atoms with E-state index in [1.807, 2.05) is 39.0 Å². The molecule has 0 aliphatic rings. The highest BCUT2D eigenvalue weighted by atomic mass is 16.5. The molecule has 3 N–H and O–H groups in total. The van der Waals surface area contributed by atoms with Gasteiger partial charge in [0.2, 0.25) is 5.91 Å². The SMILES string of the molecule is CCOc1ccc(NC(=O)C(CC)CN)c(C)c1. The fraction of sp³-hybridized carbons (Fsp3) is 0.500. The van der Waals surface area contributed by atoms with E-state index in [2.05, 4.69) is 5.32 Å². The molecule has 0 heterocycles. The van der Waals surface area contributed by atoms with Crippen LogP contribution in [0, 0.1) is 12.8 Å². The van der Waals surface area contributed by atoms with E-state index in [1.54, 1.807) is 0 Å². The first-order valence-corrected chi connectivity index (χ1v) is 6.36. The van der Waals surface area contributed by atoms with Crippen molar-refractivity contribution in [3.05, 3.63) is 23.8 Å². The maximum atomic E-state index is 11.9. The number of nitrogens with two attached hydrogens (primary N) is 1. The summed E-state index contributed by atoms with van der Waals surface area (Å²) in [6, 6.07) is 5.64. The van der Waals surface area contributed by atoms with Crippen LogP contribution in [0.2, 0.25) is 0 Å². The Bertz CT molecular complexity index is 401. The molecule has 0 fully saturated rings. The third-order valence-corrected chi connectivity index (χ3v) is 2.91.